The van der Waals surface area contributed by atoms with Gasteiger partial charge in [0.15, 0.2) is 5.69 Å². The summed E-state index contributed by atoms with van der Waals surface area (Å²) in [5.74, 6) is 0.414. The first-order valence-electron chi connectivity index (χ1n) is 7.79. The number of halogens is 1. The van der Waals surface area contributed by atoms with Crippen LogP contribution in [-0.4, -0.2) is 22.5 Å². The number of benzene rings is 2. The maximum Gasteiger partial charge on any atom is 0.273 e. The molecule has 5 nitrogen and oxygen atoms in total. The number of hydrogen-bond donors (Lipinski definition) is 2. The number of aryl methyl sites for hydroxylation is 1. The molecule has 0 fully saturated rings. The zero-order chi connectivity index (χ0) is 17.8. The van der Waals surface area contributed by atoms with Crippen LogP contribution in [0.3, 0.4) is 0 Å². The number of carbonyl (C=O) groups excluding carboxylic acids is 1. The van der Waals surface area contributed by atoms with Crippen molar-refractivity contribution in [3.63, 3.8) is 0 Å². The Hall–Kier alpha value is -2.63. The molecule has 0 aliphatic heterocycles. The largest absolute Gasteiger partial charge is 0.441 e. The summed E-state index contributed by atoms with van der Waals surface area (Å²) in [6, 6.07) is 16.2. The van der Waals surface area contributed by atoms with Gasteiger partial charge in [0.2, 0.25) is 5.89 Å². The number of nitrogens with one attached hydrogen (secondary N) is 1. The van der Waals surface area contributed by atoms with Gasteiger partial charge in [-0.2, -0.15) is 0 Å². The summed E-state index contributed by atoms with van der Waals surface area (Å²) < 4.78 is 5.58. The Bertz CT molecular complexity index is 877. The average Bonchev–Trinajstić information content (AvgIpc) is 3.02. The minimum atomic E-state index is -0.858. The van der Waals surface area contributed by atoms with Gasteiger partial charge in [0.05, 0.1) is 6.10 Å². The molecule has 0 radical (unpaired) electrons. The Kier molecular flexibility index (Phi) is 5.16. The third kappa shape index (κ3) is 4.07. The number of hydrogen-bond acceptors (Lipinski definition) is 4. The monoisotopic (exact) mass is 356 g/mol. The third-order valence-corrected chi connectivity index (χ3v) is 3.96. The van der Waals surface area contributed by atoms with E-state index in [0.29, 0.717) is 22.2 Å². The van der Waals surface area contributed by atoms with E-state index in [1.165, 1.54) is 0 Å². The van der Waals surface area contributed by atoms with Gasteiger partial charge in [0.1, 0.15) is 5.76 Å². The number of nitrogens with zero attached hydrogens (tertiary/aromatic N) is 1. The summed E-state index contributed by atoms with van der Waals surface area (Å²) in [6.45, 7) is 1.73. The fraction of sp³-hybridized carbons (Fsp3) is 0.158. The number of aromatic nitrogens is 1. The second-order valence-corrected chi connectivity index (χ2v) is 6.01. The lowest BCUT2D eigenvalue weighted by Crippen LogP contribution is -2.29. The zero-order valence-corrected chi connectivity index (χ0v) is 14.3. The predicted molar refractivity (Wildman–Crippen MR) is 95.4 cm³/mol. The van der Waals surface area contributed by atoms with Crippen LogP contribution in [-0.2, 0) is 0 Å². The molecular formula is C19H17ClN2O3. The van der Waals surface area contributed by atoms with E-state index in [1.54, 1.807) is 31.2 Å². The molecule has 0 saturated carbocycles. The van der Waals surface area contributed by atoms with Crippen LogP contribution >= 0.6 is 11.6 Å². The Morgan fingerprint density at radius 3 is 2.72 bits per heavy atom. The summed E-state index contributed by atoms with van der Waals surface area (Å²) in [6.07, 6.45) is -0.858. The molecule has 128 valence electrons. The van der Waals surface area contributed by atoms with E-state index >= 15 is 0 Å². The number of oxazole rings is 1. The summed E-state index contributed by atoms with van der Waals surface area (Å²) in [4.78, 5) is 16.6. The standard InChI is InChI=1S/C19H17ClN2O3/c1-12-17(22-19(25-12)13-6-3-2-4-7-13)18(24)21-11-16(23)14-8-5-9-15(20)10-14/h2-10,16,23H,11H2,1H3,(H,21,24)/t16-/m1/s1. The Balaban J connectivity index is 1.68. The number of aliphatic hydroxyl groups excluding tert-OH is 1. The van der Waals surface area contributed by atoms with Crippen LogP contribution in [0.5, 0.6) is 0 Å². The number of carbonyl (C=O) groups is 1. The molecule has 0 aliphatic rings. The highest BCUT2D eigenvalue weighted by Gasteiger charge is 2.19. The van der Waals surface area contributed by atoms with E-state index in [4.69, 9.17) is 16.0 Å². The first kappa shape index (κ1) is 17.2. The highest BCUT2D eigenvalue weighted by atomic mass is 35.5. The van der Waals surface area contributed by atoms with Crippen molar-refractivity contribution in [2.24, 2.45) is 0 Å². The van der Waals surface area contributed by atoms with Crippen LogP contribution in [0.2, 0.25) is 5.02 Å². The van der Waals surface area contributed by atoms with Crippen molar-refractivity contribution < 1.29 is 14.3 Å². The zero-order valence-electron chi connectivity index (χ0n) is 13.6. The number of rotatable bonds is 5. The Morgan fingerprint density at radius 1 is 1.24 bits per heavy atom. The first-order valence-corrected chi connectivity index (χ1v) is 8.17. The van der Waals surface area contributed by atoms with Crippen molar-refractivity contribution in [3.05, 3.63) is 76.6 Å². The van der Waals surface area contributed by atoms with Crippen LogP contribution in [0.1, 0.15) is 27.9 Å². The summed E-state index contributed by atoms with van der Waals surface area (Å²) >= 11 is 5.91. The van der Waals surface area contributed by atoms with Gasteiger partial charge in [0, 0.05) is 17.1 Å². The summed E-state index contributed by atoms with van der Waals surface area (Å²) in [5.41, 5.74) is 1.63. The fourth-order valence-electron chi connectivity index (χ4n) is 2.42. The van der Waals surface area contributed by atoms with Crippen molar-refractivity contribution in [2.75, 3.05) is 6.54 Å². The maximum absolute atomic E-state index is 12.3. The van der Waals surface area contributed by atoms with Crippen LogP contribution in [0.25, 0.3) is 11.5 Å². The van der Waals surface area contributed by atoms with Crippen molar-refractivity contribution >= 4 is 17.5 Å². The molecule has 0 saturated heterocycles. The molecule has 0 unspecified atom stereocenters. The molecule has 2 N–H and O–H groups in total. The van der Waals surface area contributed by atoms with Crippen molar-refractivity contribution in [2.45, 2.75) is 13.0 Å². The summed E-state index contributed by atoms with van der Waals surface area (Å²) in [7, 11) is 0. The van der Waals surface area contributed by atoms with Gasteiger partial charge in [-0.25, -0.2) is 4.98 Å². The van der Waals surface area contributed by atoms with Crippen molar-refractivity contribution in [1.82, 2.24) is 10.3 Å². The molecule has 1 heterocycles. The van der Waals surface area contributed by atoms with E-state index in [2.05, 4.69) is 10.3 Å². The van der Waals surface area contributed by atoms with Gasteiger partial charge in [-0.3, -0.25) is 4.79 Å². The SMILES string of the molecule is Cc1oc(-c2ccccc2)nc1C(=O)NC[C@@H](O)c1cccc(Cl)c1. The van der Waals surface area contributed by atoms with E-state index in [9.17, 15) is 9.90 Å². The minimum absolute atomic E-state index is 0.0478. The molecule has 6 heteroatoms. The second kappa shape index (κ2) is 7.51. The lowest BCUT2D eigenvalue weighted by Gasteiger charge is -2.12. The molecule has 0 aliphatic carbocycles. The fourth-order valence-corrected chi connectivity index (χ4v) is 2.61. The quantitative estimate of drug-likeness (QED) is 0.729. The second-order valence-electron chi connectivity index (χ2n) is 5.57. The highest BCUT2D eigenvalue weighted by Crippen LogP contribution is 2.22. The van der Waals surface area contributed by atoms with Crippen molar-refractivity contribution in [1.29, 1.82) is 0 Å². The molecule has 3 aromatic rings. The third-order valence-electron chi connectivity index (χ3n) is 3.72. The van der Waals surface area contributed by atoms with Gasteiger partial charge in [-0.15, -0.1) is 0 Å². The Labute approximate surface area is 150 Å². The molecule has 1 amide bonds. The summed E-state index contributed by atoms with van der Waals surface area (Å²) in [5, 5.41) is 13.4. The molecule has 3 rings (SSSR count). The van der Waals surface area contributed by atoms with Crippen LogP contribution in [0.15, 0.2) is 59.0 Å². The van der Waals surface area contributed by atoms with E-state index < -0.39 is 12.0 Å². The van der Waals surface area contributed by atoms with Gasteiger partial charge >= 0.3 is 0 Å². The van der Waals surface area contributed by atoms with Gasteiger partial charge in [-0.1, -0.05) is 41.9 Å². The molecule has 1 aromatic heterocycles. The number of aliphatic hydroxyl groups is 1. The first-order chi connectivity index (χ1) is 12.0. The van der Waals surface area contributed by atoms with Gasteiger partial charge in [0.25, 0.3) is 5.91 Å². The molecule has 1 atom stereocenters. The lowest BCUT2D eigenvalue weighted by atomic mass is 10.1. The molecular weight excluding hydrogens is 340 g/mol. The lowest BCUT2D eigenvalue weighted by molar-refractivity contribution is 0.0910. The minimum Gasteiger partial charge on any atom is -0.441 e. The normalized spacial score (nSPS) is 12.0. The van der Waals surface area contributed by atoms with Crippen molar-refractivity contribution in [3.8, 4) is 11.5 Å². The number of amides is 1. The topological polar surface area (TPSA) is 75.4 Å². The van der Waals surface area contributed by atoms with Crippen LogP contribution in [0.4, 0.5) is 0 Å². The van der Waals surface area contributed by atoms with Gasteiger partial charge < -0.3 is 14.8 Å². The predicted octanol–water partition coefficient (Wildman–Crippen LogP) is 3.77. The van der Waals surface area contributed by atoms with Gasteiger partial charge in [-0.05, 0) is 36.8 Å². The van der Waals surface area contributed by atoms with E-state index in [0.717, 1.165) is 5.56 Å². The highest BCUT2D eigenvalue weighted by molar-refractivity contribution is 6.30. The van der Waals surface area contributed by atoms with E-state index in [1.807, 2.05) is 30.3 Å². The van der Waals surface area contributed by atoms with E-state index in [-0.39, 0.29) is 12.2 Å². The van der Waals surface area contributed by atoms with Crippen LogP contribution in [0, 0.1) is 6.92 Å². The molecule has 0 bridgehead atoms. The van der Waals surface area contributed by atoms with Crippen LogP contribution < -0.4 is 5.32 Å². The molecule has 25 heavy (non-hydrogen) atoms. The molecule has 2 aromatic carbocycles. The maximum atomic E-state index is 12.3. The Morgan fingerprint density at radius 2 is 2.00 bits per heavy atom. The average molecular weight is 357 g/mol. The molecule has 0 spiro atoms. The smallest absolute Gasteiger partial charge is 0.273 e.